The molecule has 1 unspecified atom stereocenters. The van der Waals surface area contributed by atoms with Crippen LogP contribution in [0.4, 0.5) is 0 Å². The maximum atomic E-state index is 5.97. The summed E-state index contributed by atoms with van der Waals surface area (Å²) < 4.78 is 14.2. The molecule has 0 aromatic heterocycles. The van der Waals surface area contributed by atoms with Gasteiger partial charge in [0.1, 0.15) is 0 Å². The van der Waals surface area contributed by atoms with Crippen molar-refractivity contribution in [3.63, 3.8) is 0 Å². The molecule has 1 aliphatic rings. The normalized spacial score (nSPS) is 17.3. The van der Waals surface area contributed by atoms with Gasteiger partial charge in [-0.15, -0.1) is 0 Å². The Balaban J connectivity index is 1.40. The van der Waals surface area contributed by atoms with Crippen LogP contribution in [0.1, 0.15) is 12.0 Å². The Labute approximate surface area is 131 Å². The molecule has 0 bridgehead atoms. The van der Waals surface area contributed by atoms with Crippen LogP contribution in [0.2, 0.25) is 0 Å². The van der Waals surface area contributed by atoms with E-state index in [0.717, 1.165) is 11.1 Å². The third-order valence-electron chi connectivity index (χ3n) is 3.21. The van der Waals surface area contributed by atoms with Gasteiger partial charge in [0.2, 0.25) is 0 Å². The van der Waals surface area contributed by atoms with E-state index in [4.69, 9.17) is 9.47 Å². The number of ether oxygens (including phenoxy) is 2. The van der Waals surface area contributed by atoms with E-state index >= 15 is 0 Å². The third kappa shape index (κ3) is 4.47. The van der Waals surface area contributed by atoms with Crippen LogP contribution in [0, 0.1) is 0 Å². The van der Waals surface area contributed by atoms with Gasteiger partial charge in [-0.05, 0) is 0 Å². The molecule has 108 valence electrons. The number of benzene rings is 2. The van der Waals surface area contributed by atoms with Crippen molar-refractivity contribution in [1.29, 1.82) is 0 Å². The number of hydrogen-bond acceptors (Lipinski definition) is 2. The molecule has 0 amide bonds. The van der Waals surface area contributed by atoms with Gasteiger partial charge in [-0.2, -0.15) is 0 Å². The van der Waals surface area contributed by atoms with Crippen molar-refractivity contribution in [3.8, 4) is 0 Å². The van der Waals surface area contributed by atoms with Crippen molar-refractivity contribution in [3.05, 3.63) is 77.0 Å². The van der Waals surface area contributed by atoms with Crippen LogP contribution in [-0.2, 0) is 16.1 Å². The topological polar surface area (TPSA) is 18.5 Å². The predicted octanol–water partition coefficient (Wildman–Crippen LogP) is 2.86. The molecule has 1 aliphatic heterocycles. The van der Waals surface area contributed by atoms with Crippen molar-refractivity contribution >= 4 is 19.4 Å². The van der Waals surface area contributed by atoms with E-state index in [2.05, 4.69) is 42.5 Å². The monoisotopic (exact) mass is 346 g/mol. The zero-order valence-electron chi connectivity index (χ0n) is 11.8. The molecule has 0 saturated carbocycles. The molecule has 1 atom stereocenters. The molecule has 3 rings (SSSR count). The van der Waals surface area contributed by atoms with Gasteiger partial charge in [-0.25, -0.2) is 0 Å². The van der Waals surface area contributed by atoms with E-state index in [9.17, 15) is 0 Å². The summed E-state index contributed by atoms with van der Waals surface area (Å²) in [5.74, 6) is 0. The average Bonchev–Trinajstić information content (AvgIpc) is 2.97. The van der Waals surface area contributed by atoms with Crippen molar-refractivity contribution in [2.24, 2.45) is 0 Å². The van der Waals surface area contributed by atoms with Crippen molar-refractivity contribution in [2.75, 3.05) is 6.61 Å². The van der Waals surface area contributed by atoms with E-state index < -0.39 is 0 Å². The molecule has 2 aromatic carbocycles. The van der Waals surface area contributed by atoms with Crippen molar-refractivity contribution in [1.82, 2.24) is 0 Å². The molecule has 0 saturated heterocycles. The van der Waals surface area contributed by atoms with Gasteiger partial charge < -0.3 is 0 Å². The predicted molar refractivity (Wildman–Crippen MR) is 85.5 cm³/mol. The second-order valence-corrected chi connectivity index (χ2v) is 7.18. The Bertz CT molecular complexity index is 581. The first-order valence-corrected chi connectivity index (χ1v) is 8.83. The molecule has 0 spiro atoms. The van der Waals surface area contributed by atoms with Gasteiger partial charge in [-0.1, -0.05) is 0 Å². The van der Waals surface area contributed by atoms with E-state index in [-0.39, 0.29) is 21.1 Å². The summed E-state index contributed by atoms with van der Waals surface area (Å²) in [4.78, 5) is 0. The first-order valence-electron chi connectivity index (χ1n) is 7.11. The third-order valence-corrected chi connectivity index (χ3v) is 5.25. The first kappa shape index (κ1) is 14.4. The molecule has 0 radical (unpaired) electrons. The Kier molecular flexibility index (Phi) is 5.12. The summed E-state index contributed by atoms with van der Waals surface area (Å²) in [6.45, 7) is 1.31. The van der Waals surface area contributed by atoms with Crippen LogP contribution in [0.15, 0.2) is 71.4 Å². The molecule has 1 heterocycles. The van der Waals surface area contributed by atoms with Gasteiger partial charge >= 0.3 is 132 Å². The fourth-order valence-corrected chi connectivity index (χ4v) is 4.01. The van der Waals surface area contributed by atoms with Gasteiger partial charge in [0, 0.05) is 0 Å². The molecular weight excluding hydrogens is 327 g/mol. The van der Waals surface area contributed by atoms with Crippen LogP contribution in [0.5, 0.6) is 0 Å². The Hall–Kier alpha value is -1.54. The molecule has 3 heteroatoms. The summed E-state index contributed by atoms with van der Waals surface area (Å²) in [7, 11) is 0. The van der Waals surface area contributed by atoms with Gasteiger partial charge in [0.25, 0.3) is 0 Å². The minimum atomic E-state index is 0.175. The summed E-state index contributed by atoms with van der Waals surface area (Å²) in [6.07, 6.45) is 3.34. The average molecular weight is 345 g/mol. The van der Waals surface area contributed by atoms with E-state index in [1.54, 1.807) is 0 Å². The summed E-state index contributed by atoms with van der Waals surface area (Å²) in [5.41, 5.74) is 1.21. The Morgan fingerprint density at radius 1 is 1.00 bits per heavy atom. The molecule has 2 nitrogen and oxygen atoms in total. The second-order valence-electron chi connectivity index (χ2n) is 4.91. The second kappa shape index (κ2) is 7.46. The van der Waals surface area contributed by atoms with E-state index in [1.807, 2.05) is 24.3 Å². The molecule has 2 aromatic rings. The van der Waals surface area contributed by atoms with Gasteiger partial charge in [-0.3, -0.25) is 0 Å². The van der Waals surface area contributed by atoms with Crippen LogP contribution in [-0.4, -0.2) is 27.7 Å². The van der Waals surface area contributed by atoms with Crippen LogP contribution < -0.4 is 4.46 Å². The van der Waals surface area contributed by atoms with Crippen molar-refractivity contribution < 1.29 is 9.47 Å². The molecule has 0 N–H and O–H groups in total. The van der Waals surface area contributed by atoms with E-state index in [0.29, 0.717) is 13.2 Å². The van der Waals surface area contributed by atoms with Gasteiger partial charge in [0.15, 0.2) is 0 Å². The molecular formula is C18H18O2Se. The Morgan fingerprint density at radius 2 is 1.71 bits per heavy atom. The molecule has 21 heavy (non-hydrogen) atoms. The van der Waals surface area contributed by atoms with Gasteiger partial charge in [0.05, 0.1) is 0 Å². The molecule has 0 fully saturated rings. The molecule has 0 aliphatic carbocycles. The van der Waals surface area contributed by atoms with Crippen LogP contribution >= 0.6 is 0 Å². The van der Waals surface area contributed by atoms with E-state index in [1.165, 1.54) is 10.0 Å². The van der Waals surface area contributed by atoms with Crippen LogP contribution in [0.25, 0.3) is 0 Å². The minimum absolute atomic E-state index is 0.175. The first-order chi connectivity index (χ1) is 10.4. The SMILES string of the molecule is C1=C([Se]c2ccccc2)OC(COCc2ccccc2)C1. The number of hydrogen-bond donors (Lipinski definition) is 0. The standard InChI is InChI=1S/C18H18O2Se/c1-3-7-15(8-4-1)13-19-14-16-11-12-18(20-16)21-17-9-5-2-6-10-17/h1-10,12,16H,11,13-14H2. The quantitative estimate of drug-likeness (QED) is 0.750. The number of rotatable bonds is 6. The zero-order chi connectivity index (χ0) is 14.3. The van der Waals surface area contributed by atoms with Crippen molar-refractivity contribution in [2.45, 2.75) is 19.1 Å². The Morgan fingerprint density at radius 3 is 2.48 bits per heavy atom. The summed E-state index contributed by atoms with van der Waals surface area (Å²) in [5, 5.41) is 0. The fourth-order valence-electron chi connectivity index (χ4n) is 2.14. The fraction of sp³-hybridized carbons (Fsp3) is 0.222. The zero-order valence-corrected chi connectivity index (χ0v) is 13.5. The van der Waals surface area contributed by atoms with Crippen LogP contribution in [0.3, 0.4) is 0 Å². The maximum absolute atomic E-state index is 5.97. The summed E-state index contributed by atoms with van der Waals surface area (Å²) in [6, 6.07) is 20.8. The summed E-state index contributed by atoms with van der Waals surface area (Å²) >= 11 is 0.273.